The van der Waals surface area contributed by atoms with E-state index in [1.807, 2.05) is 13.8 Å². The van der Waals surface area contributed by atoms with Gasteiger partial charge in [0.05, 0.1) is 0 Å². The second-order valence-corrected chi connectivity index (χ2v) is 5.28. The van der Waals surface area contributed by atoms with Crippen LogP contribution >= 0.6 is 0 Å². The Morgan fingerprint density at radius 3 is 2.72 bits per heavy atom. The van der Waals surface area contributed by atoms with E-state index in [4.69, 9.17) is 5.73 Å². The Morgan fingerprint density at radius 1 is 1.50 bits per heavy atom. The van der Waals surface area contributed by atoms with E-state index in [1.54, 1.807) is 6.92 Å². The van der Waals surface area contributed by atoms with Gasteiger partial charge in [0.2, 0.25) is 0 Å². The van der Waals surface area contributed by atoms with E-state index >= 15 is 0 Å². The van der Waals surface area contributed by atoms with Crippen molar-refractivity contribution >= 4 is 5.91 Å². The van der Waals surface area contributed by atoms with Crippen LogP contribution in [0.1, 0.15) is 36.3 Å². The third-order valence-electron chi connectivity index (χ3n) is 2.85. The maximum Gasteiger partial charge on any atom is 0.256 e. The molecule has 0 spiro atoms. The van der Waals surface area contributed by atoms with Gasteiger partial charge in [-0.05, 0) is 25.3 Å². The highest BCUT2D eigenvalue weighted by Crippen LogP contribution is 2.17. The number of rotatable bonds is 5. The first-order chi connectivity index (χ1) is 8.35. The molecule has 0 aliphatic rings. The van der Waals surface area contributed by atoms with Crippen molar-refractivity contribution in [2.24, 2.45) is 11.1 Å². The number of nitrogens with two attached hydrogens (primary N) is 1. The van der Waals surface area contributed by atoms with Gasteiger partial charge in [-0.15, -0.1) is 0 Å². The van der Waals surface area contributed by atoms with Crippen molar-refractivity contribution in [1.82, 2.24) is 10.3 Å². The molecule has 5 nitrogen and oxygen atoms in total. The second kappa shape index (κ2) is 5.82. The molecule has 0 radical (unpaired) electrons. The Kier molecular flexibility index (Phi) is 4.67. The van der Waals surface area contributed by atoms with E-state index in [1.165, 1.54) is 12.3 Å². The lowest BCUT2D eigenvalue weighted by Crippen LogP contribution is -2.37. The Labute approximate surface area is 107 Å². The van der Waals surface area contributed by atoms with E-state index in [9.17, 15) is 9.59 Å². The molecule has 4 N–H and O–H groups in total. The fourth-order valence-corrected chi connectivity index (χ4v) is 1.64. The fraction of sp³-hybridized carbons (Fsp3) is 0.538. The number of pyridine rings is 1. The van der Waals surface area contributed by atoms with Crippen LogP contribution in [-0.2, 0) is 0 Å². The molecule has 1 aromatic rings. The zero-order valence-corrected chi connectivity index (χ0v) is 11.2. The van der Waals surface area contributed by atoms with Crippen LogP contribution in [0.4, 0.5) is 0 Å². The second-order valence-electron chi connectivity index (χ2n) is 5.28. The van der Waals surface area contributed by atoms with Crippen molar-refractivity contribution in [1.29, 1.82) is 0 Å². The summed E-state index contributed by atoms with van der Waals surface area (Å²) in [5, 5.41) is 2.77. The Hall–Kier alpha value is -1.62. The van der Waals surface area contributed by atoms with Crippen molar-refractivity contribution in [2.45, 2.75) is 27.2 Å². The lowest BCUT2D eigenvalue weighted by atomic mass is 9.89. The highest BCUT2D eigenvalue weighted by molar-refractivity contribution is 5.93. The van der Waals surface area contributed by atoms with E-state index in [0.29, 0.717) is 13.1 Å². The molecular formula is C13H21N3O2. The average Bonchev–Trinajstić information content (AvgIpc) is 2.26. The molecule has 1 amide bonds. The fourth-order valence-electron chi connectivity index (χ4n) is 1.64. The average molecular weight is 251 g/mol. The number of aromatic nitrogens is 1. The van der Waals surface area contributed by atoms with Gasteiger partial charge >= 0.3 is 0 Å². The van der Waals surface area contributed by atoms with Crippen LogP contribution in [0.25, 0.3) is 0 Å². The highest BCUT2D eigenvalue weighted by Gasteiger charge is 2.19. The molecule has 0 aliphatic carbocycles. The minimum atomic E-state index is -0.346. The van der Waals surface area contributed by atoms with Gasteiger partial charge in [-0.2, -0.15) is 0 Å². The van der Waals surface area contributed by atoms with Crippen LogP contribution in [-0.4, -0.2) is 24.0 Å². The van der Waals surface area contributed by atoms with Crippen LogP contribution in [0.15, 0.2) is 17.1 Å². The van der Waals surface area contributed by atoms with Gasteiger partial charge < -0.3 is 16.0 Å². The maximum atomic E-state index is 11.9. The van der Waals surface area contributed by atoms with Gasteiger partial charge in [0, 0.05) is 24.5 Å². The van der Waals surface area contributed by atoms with Gasteiger partial charge in [-0.3, -0.25) is 9.59 Å². The number of hydrogen-bond acceptors (Lipinski definition) is 3. The van der Waals surface area contributed by atoms with E-state index in [0.717, 1.165) is 12.1 Å². The standard InChI is InChI=1S/C13H21N3O2/c1-9-6-11(17)10(7-15-9)12(18)16-8-13(2,3)4-5-14/h6-7H,4-5,8,14H2,1-3H3,(H,15,17)(H,16,18). The lowest BCUT2D eigenvalue weighted by Gasteiger charge is -2.24. The highest BCUT2D eigenvalue weighted by atomic mass is 16.2. The van der Waals surface area contributed by atoms with Gasteiger partial charge in [0.15, 0.2) is 5.43 Å². The van der Waals surface area contributed by atoms with Crippen molar-refractivity contribution < 1.29 is 4.79 Å². The van der Waals surface area contributed by atoms with Crippen LogP contribution in [0.3, 0.4) is 0 Å². The summed E-state index contributed by atoms with van der Waals surface area (Å²) < 4.78 is 0. The summed E-state index contributed by atoms with van der Waals surface area (Å²) in [6.45, 7) is 6.90. The number of nitrogens with one attached hydrogen (secondary N) is 2. The molecular weight excluding hydrogens is 230 g/mol. The molecule has 0 fully saturated rings. The van der Waals surface area contributed by atoms with Crippen LogP contribution < -0.4 is 16.5 Å². The third-order valence-corrected chi connectivity index (χ3v) is 2.85. The zero-order valence-electron chi connectivity index (χ0n) is 11.2. The number of carbonyl (C=O) groups is 1. The van der Waals surface area contributed by atoms with Crippen LogP contribution in [0, 0.1) is 12.3 Å². The van der Waals surface area contributed by atoms with E-state index in [-0.39, 0.29) is 22.3 Å². The number of aromatic amines is 1. The molecule has 0 saturated carbocycles. The first-order valence-electron chi connectivity index (χ1n) is 6.03. The third kappa shape index (κ3) is 4.00. The first kappa shape index (κ1) is 14.4. The number of amides is 1. The van der Waals surface area contributed by atoms with Crippen molar-refractivity contribution in [2.75, 3.05) is 13.1 Å². The molecule has 0 aromatic carbocycles. The molecule has 100 valence electrons. The summed E-state index contributed by atoms with van der Waals surface area (Å²) >= 11 is 0. The molecule has 18 heavy (non-hydrogen) atoms. The molecule has 1 heterocycles. The molecule has 1 aromatic heterocycles. The molecule has 0 unspecified atom stereocenters. The van der Waals surface area contributed by atoms with Gasteiger partial charge in [0.1, 0.15) is 5.56 Å². The largest absolute Gasteiger partial charge is 0.364 e. The van der Waals surface area contributed by atoms with E-state index in [2.05, 4.69) is 10.3 Å². The zero-order chi connectivity index (χ0) is 13.8. The smallest absolute Gasteiger partial charge is 0.256 e. The van der Waals surface area contributed by atoms with Crippen molar-refractivity contribution in [3.8, 4) is 0 Å². The number of H-pyrrole nitrogens is 1. The molecule has 0 atom stereocenters. The van der Waals surface area contributed by atoms with Crippen molar-refractivity contribution in [3.05, 3.63) is 33.7 Å². The number of aryl methyl sites for hydroxylation is 1. The van der Waals surface area contributed by atoms with Crippen molar-refractivity contribution in [3.63, 3.8) is 0 Å². The Morgan fingerprint density at radius 2 is 2.17 bits per heavy atom. The van der Waals surface area contributed by atoms with E-state index < -0.39 is 0 Å². The minimum absolute atomic E-state index is 0.0676. The predicted molar refractivity (Wildman–Crippen MR) is 71.6 cm³/mol. The van der Waals surface area contributed by atoms with Gasteiger partial charge in [-0.25, -0.2) is 0 Å². The summed E-state index contributed by atoms with van der Waals surface area (Å²) in [7, 11) is 0. The lowest BCUT2D eigenvalue weighted by molar-refractivity contribution is 0.0933. The normalized spacial score (nSPS) is 11.3. The molecule has 0 saturated heterocycles. The molecule has 0 bridgehead atoms. The minimum Gasteiger partial charge on any atom is -0.364 e. The molecule has 1 rings (SSSR count). The summed E-state index contributed by atoms with van der Waals surface area (Å²) in [6, 6.07) is 1.42. The van der Waals surface area contributed by atoms with Gasteiger partial charge in [-0.1, -0.05) is 13.8 Å². The summed E-state index contributed by atoms with van der Waals surface area (Å²) in [5.41, 5.74) is 6.05. The Bertz CT molecular complexity index is 477. The molecule has 5 heteroatoms. The summed E-state index contributed by atoms with van der Waals surface area (Å²) in [6.07, 6.45) is 2.26. The maximum absolute atomic E-state index is 11.9. The Balaban J connectivity index is 2.69. The first-order valence-corrected chi connectivity index (χ1v) is 6.03. The number of carbonyl (C=O) groups excluding carboxylic acids is 1. The SMILES string of the molecule is Cc1cc(=O)c(C(=O)NCC(C)(C)CCN)c[nH]1. The monoisotopic (exact) mass is 251 g/mol. The summed E-state index contributed by atoms with van der Waals surface area (Å²) in [4.78, 5) is 26.4. The van der Waals surface area contributed by atoms with Crippen LogP contribution in [0.5, 0.6) is 0 Å². The summed E-state index contributed by atoms with van der Waals surface area (Å²) in [5.74, 6) is -0.346. The molecule has 0 aliphatic heterocycles. The number of hydrogen-bond donors (Lipinski definition) is 3. The predicted octanol–water partition coefficient (Wildman–Crippen LogP) is 0.788. The quantitative estimate of drug-likeness (QED) is 0.723. The van der Waals surface area contributed by atoms with Gasteiger partial charge in [0.25, 0.3) is 5.91 Å². The topological polar surface area (TPSA) is 88.0 Å². The van der Waals surface area contributed by atoms with Crippen LogP contribution in [0.2, 0.25) is 0 Å².